The molecule has 2 unspecified atom stereocenters. The Bertz CT molecular complexity index is 369. The Morgan fingerprint density at radius 1 is 1.20 bits per heavy atom. The molecule has 3 N–H and O–H groups in total. The molecule has 2 aliphatic rings. The third kappa shape index (κ3) is 3.62. The lowest BCUT2D eigenvalue weighted by Crippen LogP contribution is -2.61. The maximum atomic E-state index is 12.1. The fourth-order valence-electron chi connectivity index (χ4n) is 3.31. The second-order valence-electron chi connectivity index (χ2n) is 6.20. The molecule has 1 saturated carbocycles. The number of nitrogens with one attached hydrogen (secondary N) is 2. The van der Waals surface area contributed by atoms with Crippen molar-refractivity contribution in [3.8, 4) is 0 Å². The molecule has 0 spiro atoms. The summed E-state index contributed by atoms with van der Waals surface area (Å²) in [4.78, 5) is 23.7. The van der Waals surface area contributed by atoms with Gasteiger partial charge in [0.15, 0.2) is 0 Å². The molecule has 2 fully saturated rings. The number of aliphatic carboxylic acids is 1. The second kappa shape index (κ2) is 6.43. The first-order valence-corrected chi connectivity index (χ1v) is 7.59. The Kier molecular flexibility index (Phi) is 4.86. The van der Waals surface area contributed by atoms with E-state index in [2.05, 4.69) is 10.7 Å². The highest BCUT2D eigenvalue weighted by atomic mass is 16.4. The monoisotopic (exact) mass is 283 g/mol. The summed E-state index contributed by atoms with van der Waals surface area (Å²) in [6.45, 7) is 3.72. The number of hydrogen-bond donors (Lipinski definition) is 3. The van der Waals surface area contributed by atoms with Crippen LogP contribution < -0.4 is 10.7 Å². The Hall–Kier alpha value is -1.30. The van der Waals surface area contributed by atoms with E-state index in [4.69, 9.17) is 0 Å². The van der Waals surface area contributed by atoms with E-state index in [0.717, 1.165) is 38.8 Å². The molecule has 0 aromatic heterocycles. The minimum absolute atomic E-state index is 0.329. The van der Waals surface area contributed by atoms with E-state index in [1.165, 1.54) is 6.42 Å². The predicted octanol–water partition coefficient (Wildman–Crippen LogP) is 1.72. The molecule has 2 amide bonds. The van der Waals surface area contributed by atoms with Gasteiger partial charge in [-0.15, -0.1) is 0 Å². The maximum Gasteiger partial charge on any atom is 0.330 e. The summed E-state index contributed by atoms with van der Waals surface area (Å²) in [6, 6.07) is -0.386. The quantitative estimate of drug-likeness (QED) is 0.736. The van der Waals surface area contributed by atoms with Gasteiger partial charge in [-0.25, -0.2) is 14.6 Å². The maximum absolute atomic E-state index is 12.1. The molecule has 6 nitrogen and oxygen atoms in total. The highest BCUT2D eigenvalue weighted by Gasteiger charge is 2.43. The number of carboxylic acid groups (broad SMARTS) is 1. The standard InChI is InChI=1S/C14H25N3O3/c1-11-6-5-7-14(10-11,12(18)19)15-13(20)16-17-8-3-2-4-9-17/h11H,2-10H2,1H3,(H,18,19)(H2,15,16,20). The molecule has 1 aliphatic carbocycles. The number of rotatable bonds is 3. The van der Waals surface area contributed by atoms with E-state index in [9.17, 15) is 14.7 Å². The molecule has 2 atom stereocenters. The molecule has 1 saturated heterocycles. The minimum Gasteiger partial charge on any atom is -0.480 e. The van der Waals surface area contributed by atoms with Crippen molar-refractivity contribution in [1.82, 2.24) is 15.8 Å². The van der Waals surface area contributed by atoms with Crippen molar-refractivity contribution in [1.29, 1.82) is 0 Å². The van der Waals surface area contributed by atoms with Crippen molar-refractivity contribution >= 4 is 12.0 Å². The molecular formula is C14H25N3O3. The second-order valence-corrected chi connectivity index (χ2v) is 6.20. The van der Waals surface area contributed by atoms with E-state index >= 15 is 0 Å². The number of carboxylic acids is 1. The lowest BCUT2D eigenvalue weighted by atomic mass is 9.76. The van der Waals surface area contributed by atoms with E-state index in [1.54, 1.807) is 0 Å². The van der Waals surface area contributed by atoms with Crippen LogP contribution in [0.15, 0.2) is 0 Å². The lowest BCUT2D eigenvalue weighted by Gasteiger charge is -2.38. The van der Waals surface area contributed by atoms with Crippen LogP contribution in [0, 0.1) is 5.92 Å². The molecule has 0 radical (unpaired) electrons. The number of hydrogen-bond acceptors (Lipinski definition) is 3. The van der Waals surface area contributed by atoms with Crippen LogP contribution in [0.25, 0.3) is 0 Å². The van der Waals surface area contributed by atoms with Crippen LogP contribution in [0.2, 0.25) is 0 Å². The van der Waals surface area contributed by atoms with Gasteiger partial charge in [0.1, 0.15) is 5.54 Å². The molecule has 1 heterocycles. The smallest absolute Gasteiger partial charge is 0.330 e. The molecule has 0 aromatic rings. The molecule has 6 heteroatoms. The van der Waals surface area contributed by atoms with Gasteiger partial charge in [0.25, 0.3) is 0 Å². The largest absolute Gasteiger partial charge is 0.480 e. The molecular weight excluding hydrogens is 258 g/mol. The molecule has 1 aliphatic heterocycles. The van der Waals surface area contributed by atoms with E-state index < -0.39 is 11.5 Å². The van der Waals surface area contributed by atoms with Crippen molar-refractivity contribution in [2.75, 3.05) is 13.1 Å². The van der Waals surface area contributed by atoms with Crippen LogP contribution >= 0.6 is 0 Å². The summed E-state index contributed by atoms with van der Waals surface area (Å²) in [5.74, 6) is -0.590. The fraction of sp³-hybridized carbons (Fsp3) is 0.857. The van der Waals surface area contributed by atoms with Crippen LogP contribution in [0.3, 0.4) is 0 Å². The molecule has 0 bridgehead atoms. The summed E-state index contributed by atoms with van der Waals surface area (Å²) in [5.41, 5.74) is 1.68. The van der Waals surface area contributed by atoms with Gasteiger partial charge < -0.3 is 10.4 Å². The number of carbonyl (C=O) groups is 2. The topological polar surface area (TPSA) is 81.7 Å². The zero-order valence-corrected chi connectivity index (χ0v) is 12.2. The summed E-state index contributed by atoms with van der Waals surface area (Å²) >= 11 is 0. The van der Waals surface area contributed by atoms with Gasteiger partial charge >= 0.3 is 12.0 Å². The fourth-order valence-corrected chi connectivity index (χ4v) is 3.31. The average Bonchev–Trinajstić information content (AvgIpc) is 2.39. The van der Waals surface area contributed by atoms with Gasteiger partial charge in [-0.05, 0) is 31.6 Å². The molecule has 20 heavy (non-hydrogen) atoms. The highest BCUT2D eigenvalue weighted by Crippen LogP contribution is 2.32. The van der Waals surface area contributed by atoms with Crippen molar-refractivity contribution in [2.45, 2.75) is 57.4 Å². The Balaban J connectivity index is 1.93. The Morgan fingerprint density at radius 2 is 1.90 bits per heavy atom. The van der Waals surface area contributed by atoms with Crippen LogP contribution in [0.1, 0.15) is 51.9 Å². The number of amides is 2. The van der Waals surface area contributed by atoms with Gasteiger partial charge in [-0.2, -0.15) is 0 Å². The average molecular weight is 283 g/mol. The van der Waals surface area contributed by atoms with Crippen LogP contribution in [0.5, 0.6) is 0 Å². The van der Waals surface area contributed by atoms with E-state index in [-0.39, 0.29) is 6.03 Å². The first-order valence-electron chi connectivity index (χ1n) is 7.59. The first kappa shape index (κ1) is 15.1. The Labute approximate surface area is 119 Å². The third-order valence-corrected chi connectivity index (χ3v) is 4.38. The summed E-state index contributed by atoms with van der Waals surface area (Å²) < 4.78 is 0. The molecule has 2 rings (SSSR count). The number of carbonyl (C=O) groups excluding carboxylic acids is 1. The third-order valence-electron chi connectivity index (χ3n) is 4.38. The number of hydrazine groups is 1. The zero-order chi connectivity index (χ0) is 14.6. The summed E-state index contributed by atoms with van der Waals surface area (Å²) in [6.07, 6.45) is 6.23. The van der Waals surface area contributed by atoms with Crippen LogP contribution in [0.4, 0.5) is 4.79 Å². The van der Waals surface area contributed by atoms with Crippen molar-refractivity contribution in [2.24, 2.45) is 5.92 Å². The SMILES string of the molecule is CC1CCCC(NC(=O)NN2CCCCC2)(C(=O)O)C1. The van der Waals surface area contributed by atoms with Crippen molar-refractivity contribution < 1.29 is 14.7 Å². The minimum atomic E-state index is -1.10. The van der Waals surface area contributed by atoms with Crippen molar-refractivity contribution in [3.63, 3.8) is 0 Å². The summed E-state index contributed by atoms with van der Waals surface area (Å²) in [7, 11) is 0. The summed E-state index contributed by atoms with van der Waals surface area (Å²) in [5, 5.41) is 14.1. The normalized spacial score (nSPS) is 31.6. The van der Waals surface area contributed by atoms with Gasteiger partial charge in [0.2, 0.25) is 0 Å². The Morgan fingerprint density at radius 3 is 2.50 bits per heavy atom. The lowest BCUT2D eigenvalue weighted by molar-refractivity contribution is -0.146. The number of piperidine rings is 1. The van der Waals surface area contributed by atoms with Crippen LogP contribution in [-0.4, -0.2) is 40.7 Å². The predicted molar refractivity (Wildman–Crippen MR) is 75.1 cm³/mol. The molecule has 0 aromatic carbocycles. The highest BCUT2D eigenvalue weighted by molar-refractivity contribution is 5.86. The van der Waals surface area contributed by atoms with Crippen LogP contribution in [-0.2, 0) is 4.79 Å². The van der Waals surface area contributed by atoms with Gasteiger partial charge in [-0.1, -0.05) is 26.2 Å². The van der Waals surface area contributed by atoms with Gasteiger partial charge in [-0.3, -0.25) is 5.43 Å². The zero-order valence-electron chi connectivity index (χ0n) is 12.2. The number of nitrogens with zero attached hydrogens (tertiary/aromatic N) is 1. The van der Waals surface area contributed by atoms with Crippen molar-refractivity contribution in [3.05, 3.63) is 0 Å². The first-order chi connectivity index (χ1) is 9.52. The number of urea groups is 1. The van der Waals surface area contributed by atoms with E-state index in [0.29, 0.717) is 18.8 Å². The van der Waals surface area contributed by atoms with Gasteiger partial charge in [0, 0.05) is 13.1 Å². The molecule has 114 valence electrons. The van der Waals surface area contributed by atoms with E-state index in [1.807, 2.05) is 11.9 Å². The van der Waals surface area contributed by atoms with Gasteiger partial charge in [0.05, 0.1) is 0 Å².